The van der Waals surface area contributed by atoms with E-state index in [9.17, 15) is 4.79 Å². The minimum absolute atomic E-state index is 0.131. The molecule has 1 fully saturated rings. The fourth-order valence-electron chi connectivity index (χ4n) is 4.88. The van der Waals surface area contributed by atoms with E-state index in [4.69, 9.17) is 0 Å². The first-order valence-electron chi connectivity index (χ1n) is 10.3. The van der Waals surface area contributed by atoms with Crippen LogP contribution in [0.1, 0.15) is 63.1 Å². The molecule has 3 nitrogen and oxygen atoms in total. The number of carbonyl (C=O) groups is 1. The maximum atomic E-state index is 12.3. The zero-order valence-electron chi connectivity index (χ0n) is 16.7. The van der Waals surface area contributed by atoms with Crippen molar-refractivity contribution in [1.29, 1.82) is 0 Å². The molecule has 1 aliphatic heterocycles. The summed E-state index contributed by atoms with van der Waals surface area (Å²) in [7, 11) is 0. The number of carbonyl (C=O) groups excluding carboxylic acids is 1. The zero-order chi connectivity index (χ0) is 19.0. The summed E-state index contributed by atoms with van der Waals surface area (Å²) in [6, 6.07) is 16.4. The molecule has 142 valence electrons. The van der Waals surface area contributed by atoms with Crippen LogP contribution in [-0.4, -0.2) is 18.0 Å². The van der Waals surface area contributed by atoms with Crippen LogP contribution in [-0.2, 0) is 4.79 Å². The van der Waals surface area contributed by atoms with Crippen molar-refractivity contribution in [2.24, 2.45) is 0 Å². The van der Waals surface area contributed by atoms with Gasteiger partial charge >= 0.3 is 0 Å². The molecule has 0 saturated heterocycles. The molecule has 2 aromatic rings. The maximum absolute atomic E-state index is 12.3. The molecule has 0 spiro atoms. The lowest BCUT2D eigenvalue weighted by molar-refractivity contribution is -0.117. The van der Waals surface area contributed by atoms with Crippen molar-refractivity contribution < 1.29 is 4.79 Å². The minimum Gasteiger partial charge on any atom is -0.309 e. The summed E-state index contributed by atoms with van der Waals surface area (Å²) in [5.74, 6) is 0.131. The van der Waals surface area contributed by atoms with Crippen LogP contribution in [0.15, 0.2) is 42.5 Å². The van der Waals surface area contributed by atoms with Gasteiger partial charge in [0.25, 0.3) is 0 Å². The second-order valence-electron chi connectivity index (χ2n) is 8.32. The van der Waals surface area contributed by atoms with E-state index in [-0.39, 0.29) is 11.9 Å². The lowest BCUT2D eigenvalue weighted by Gasteiger charge is -2.40. The molecule has 0 bridgehead atoms. The van der Waals surface area contributed by atoms with Gasteiger partial charge in [0.2, 0.25) is 5.91 Å². The number of fused-ring (bicyclic) bond motifs is 1. The van der Waals surface area contributed by atoms with Gasteiger partial charge in [-0.25, -0.2) is 0 Å². The third kappa shape index (κ3) is 3.66. The number of hydrogen-bond acceptors (Lipinski definition) is 2. The van der Waals surface area contributed by atoms with Crippen molar-refractivity contribution in [3.63, 3.8) is 0 Å². The molecule has 3 heteroatoms. The van der Waals surface area contributed by atoms with Crippen molar-refractivity contribution in [3.05, 3.63) is 53.6 Å². The summed E-state index contributed by atoms with van der Waals surface area (Å²) in [4.78, 5) is 14.3. The number of aryl methyl sites for hydroxylation is 1. The lowest BCUT2D eigenvalue weighted by atomic mass is 9.88. The van der Waals surface area contributed by atoms with E-state index < -0.39 is 0 Å². The summed E-state index contributed by atoms with van der Waals surface area (Å²) < 4.78 is 0. The van der Waals surface area contributed by atoms with Gasteiger partial charge < -0.3 is 10.2 Å². The van der Waals surface area contributed by atoms with E-state index in [0.717, 1.165) is 12.1 Å². The van der Waals surface area contributed by atoms with Gasteiger partial charge in [0.1, 0.15) is 0 Å². The van der Waals surface area contributed by atoms with Crippen LogP contribution < -0.4 is 10.2 Å². The van der Waals surface area contributed by atoms with Gasteiger partial charge in [0.15, 0.2) is 0 Å². The van der Waals surface area contributed by atoms with E-state index in [1.165, 1.54) is 47.9 Å². The average Bonchev–Trinajstić information content (AvgIpc) is 3.14. The Morgan fingerprint density at radius 2 is 1.81 bits per heavy atom. The Morgan fingerprint density at radius 3 is 2.52 bits per heavy atom. The Kier molecular flexibility index (Phi) is 5.05. The highest BCUT2D eigenvalue weighted by atomic mass is 16.2. The molecule has 2 atom stereocenters. The van der Waals surface area contributed by atoms with E-state index in [2.05, 4.69) is 61.6 Å². The third-order valence-electron chi connectivity index (χ3n) is 6.16. The SMILES string of the molecule is CC(=O)N1c2ccc(-c3cccc(C)c3)cc2C(NC2CCCC2)CC1C. The van der Waals surface area contributed by atoms with Crippen LogP contribution in [0.25, 0.3) is 11.1 Å². The van der Waals surface area contributed by atoms with Gasteiger partial charge in [0.05, 0.1) is 0 Å². The van der Waals surface area contributed by atoms with Crippen molar-refractivity contribution in [2.45, 2.75) is 71.0 Å². The standard InChI is InChI=1S/C24H30N2O/c1-16-7-6-8-19(13-16)20-11-12-24-22(15-20)23(25-21-9-4-5-10-21)14-17(2)26(24)18(3)27/h6-8,11-13,15,17,21,23,25H,4-5,9-10,14H2,1-3H3. The second kappa shape index (κ2) is 7.47. The fraction of sp³-hybridized carbons (Fsp3) is 0.458. The largest absolute Gasteiger partial charge is 0.309 e. The summed E-state index contributed by atoms with van der Waals surface area (Å²) in [5, 5.41) is 3.92. The summed E-state index contributed by atoms with van der Waals surface area (Å²) in [5.41, 5.74) is 6.09. The van der Waals surface area contributed by atoms with Gasteiger partial charge in [-0.05, 0) is 61.9 Å². The molecule has 0 radical (unpaired) electrons. The molecule has 1 amide bonds. The Balaban J connectivity index is 1.75. The monoisotopic (exact) mass is 362 g/mol. The normalized spacial score (nSPS) is 22.7. The van der Waals surface area contributed by atoms with Crippen LogP contribution in [0.3, 0.4) is 0 Å². The predicted octanol–water partition coefficient (Wildman–Crippen LogP) is 5.38. The maximum Gasteiger partial charge on any atom is 0.224 e. The summed E-state index contributed by atoms with van der Waals surface area (Å²) in [6.07, 6.45) is 6.17. The average molecular weight is 363 g/mol. The number of nitrogens with one attached hydrogen (secondary N) is 1. The van der Waals surface area contributed by atoms with Crippen molar-refractivity contribution in [3.8, 4) is 11.1 Å². The molecule has 2 unspecified atom stereocenters. The predicted molar refractivity (Wildman–Crippen MR) is 112 cm³/mol. The van der Waals surface area contributed by atoms with Crippen LogP contribution in [0.4, 0.5) is 5.69 Å². The number of nitrogens with zero attached hydrogens (tertiary/aromatic N) is 1. The number of amides is 1. The number of anilines is 1. The first-order valence-corrected chi connectivity index (χ1v) is 10.3. The minimum atomic E-state index is 0.131. The molecule has 0 aromatic heterocycles. The molecular formula is C24H30N2O. The third-order valence-corrected chi connectivity index (χ3v) is 6.16. The second-order valence-corrected chi connectivity index (χ2v) is 8.32. The van der Waals surface area contributed by atoms with Gasteiger partial charge in [-0.1, -0.05) is 48.7 Å². The Labute approximate surface area is 162 Å². The van der Waals surface area contributed by atoms with Crippen molar-refractivity contribution in [1.82, 2.24) is 5.32 Å². The van der Waals surface area contributed by atoms with Gasteiger partial charge in [-0.3, -0.25) is 4.79 Å². The van der Waals surface area contributed by atoms with Crippen molar-refractivity contribution >= 4 is 11.6 Å². The van der Waals surface area contributed by atoms with Crippen LogP contribution in [0, 0.1) is 6.92 Å². The number of hydrogen-bond donors (Lipinski definition) is 1. The van der Waals surface area contributed by atoms with Crippen LogP contribution in [0.2, 0.25) is 0 Å². The van der Waals surface area contributed by atoms with Gasteiger partial charge in [0, 0.05) is 30.7 Å². The Morgan fingerprint density at radius 1 is 1.07 bits per heavy atom. The molecule has 27 heavy (non-hydrogen) atoms. The molecule has 1 N–H and O–H groups in total. The van der Waals surface area contributed by atoms with E-state index in [1.807, 2.05) is 4.90 Å². The molecule has 2 aliphatic rings. The highest BCUT2D eigenvalue weighted by Crippen LogP contribution is 2.40. The topological polar surface area (TPSA) is 32.3 Å². The van der Waals surface area contributed by atoms with Gasteiger partial charge in [-0.2, -0.15) is 0 Å². The molecule has 1 aliphatic carbocycles. The Hall–Kier alpha value is -2.13. The number of benzene rings is 2. The van der Waals surface area contributed by atoms with E-state index >= 15 is 0 Å². The zero-order valence-corrected chi connectivity index (χ0v) is 16.7. The molecular weight excluding hydrogens is 332 g/mol. The summed E-state index contributed by atoms with van der Waals surface area (Å²) >= 11 is 0. The van der Waals surface area contributed by atoms with Crippen LogP contribution in [0.5, 0.6) is 0 Å². The van der Waals surface area contributed by atoms with E-state index in [0.29, 0.717) is 12.1 Å². The van der Waals surface area contributed by atoms with E-state index in [1.54, 1.807) is 6.92 Å². The first kappa shape index (κ1) is 18.2. The summed E-state index contributed by atoms with van der Waals surface area (Å²) in [6.45, 7) is 5.98. The number of rotatable bonds is 3. The van der Waals surface area contributed by atoms with Crippen LogP contribution >= 0.6 is 0 Å². The Bertz CT molecular complexity index is 838. The molecule has 2 aromatic carbocycles. The molecule has 1 saturated carbocycles. The first-order chi connectivity index (χ1) is 13.0. The smallest absolute Gasteiger partial charge is 0.224 e. The lowest BCUT2D eigenvalue weighted by Crippen LogP contribution is -2.46. The van der Waals surface area contributed by atoms with Gasteiger partial charge in [-0.15, -0.1) is 0 Å². The fourth-order valence-corrected chi connectivity index (χ4v) is 4.88. The highest BCUT2D eigenvalue weighted by Gasteiger charge is 2.33. The highest BCUT2D eigenvalue weighted by molar-refractivity contribution is 5.94. The quantitative estimate of drug-likeness (QED) is 0.795. The van der Waals surface area contributed by atoms with Crippen molar-refractivity contribution in [2.75, 3.05) is 4.90 Å². The molecule has 1 heterocycles. The molecule has 4 rings (SSSR count).